The Kier molecular flexibility index (Phi) is 4.00. The minimum atomic E-state index is -4.65. The molecule has 0 aliphatic rings. The highest BCUT2D eigenvalue weighted by atomic mass is 35.5. The third-order valence-corrected chi connectivity index (χ3v) is 3.11. The second-order valence-corrected chi connectivity index (χ2v) is 4.68. The van der Waals surface area contributed by atoms with Gasteiger partial charge in [-0.25, -0.2) is 9.37 Å². The van der Waals surface area contributed by atoms with Gasteiger partial charge in [0.2, 0.25) is 0 Å². The van der Waals surface area contributed by atoms with E-state index in [9.17, 15) is 22.4 Å². The van der Waals surface area contributed by atoms with Crippen molar-refractivity contribution < 1.29 is 22.4 Å². The lowest BCUT2D eigenvalue weighted by Crippen LogP contribution is -2.11. The molecule has 1 aromatic heterocycles. The lowest BCUT2D eigenvalue weighted by Gasteiger charge is -2.08. The molecule has 2 nitrogen and oxygen atoms in total. The number of aromatic nitrogens is 1. The topological polar surface area (TPSA) is 30.0 Å². The first-order valence-electron chi connectivity index (χ1n) is 5.74. The summed E-state index contributed by atoms with van der Waals surface area (Å²) in [5, 5.41) is -0.573. The van der Waals surface area contributed by atoms with Crippen LogP contribution < -0.4 is 0 Å². The van der Waals surface area contributed by atoms with Crippen LogP contribution in [-0.2, 0) is 6.18 Å². The van der Waals surface area contributed by atoms with Crippen LogP contribution in [0.3, 0.4) is 0 Å². The number of rotatable bonds is 2. The molecule has 0 atom stereocenters. The van der Waals surface area contributed by atoms with Crippen LogP contribution in [0, 0.1) is 12.7 Å². The fraction of sp³-hybridized carbons (Fsp3) is 0.143. The van der Waals surface area contributed by atoms with E-state index in [4.69, 9.17) is 11.6 Å². The Hall–Kier alpha value is -1.95. The zero-order valence-electron chi connectivity index (χ0n) is 10.6. The largest absolute Gasteiger partial charge is 0.433 e. The Morgan fingerprint density at radius 2 is 1.86 bits per heavy atom. The van der Waals surface area contributed by atoms with E-state index in [0.717, 1.165) is 12.1 Å². The first-order chi connectivity index (χ1) is 9.70. The zero-order valence-corrected chi connectivity index (χ0v) is 11.4. The van der Waals surface area contributed by atoms with Crippen LogP contribution in [0.2, 0.25) is 5.15 Å². The van der Waals surface area contributed by atoms with Gasteiger partial charge < -0.3 is 0 Å². The lowest BCUT2D eigenvalue weighted by molar-refractivity contribution is -0.141. The number of alkyl halides is 3. The van der Waals surface area contributed by atoms with Crippen molar-refractivity contribution in [3.63, 3.8) is 0 Å². The van der Waals surface area contributed by atoms with E-state index in [2.05, 4.69) is 4.98 Å². The SMILES string of the molecule is Cc1ccc(C(=O)c2ccc(C(F)(F)F)nc2Cl)cc1F. The number of carbonyl (C=O) groups excluding carboxylic acids is 1. The van der Waals surface area contributed by atoms with E-state index in [-0.39, 0.29) is 11.1 Å². The van der Waals surface area contributed by atoms with Crippen molar-refractivity contribution in [2.75, 3.05) is 0 Å². The van der Waals surface area contributed by atoms with E-state index in [1.807, 2.05) is 0 Å². The van der Waals surface area contributed by atoms with Crippen molar-refractivity contribution in [1.82, 2.24) is 4.98 Å². The van der Waals surface area contributed by atoms with Crippen LogP contribution in [0.5, 0.6) is 0 Å². The van der Waals surface area contributed by atoms with E-state index in [1.165, 1.54) is 19.1 Å². The molecule has 0 fully saturated rings. The number of hydrogen-bond donors (Lipinski definition) is 0. The smallest absolute Gasteiger partial charge is 0.288 e. The summed E-state index contributed by atoms with van der Waals surface area (Å²) < 4.78 is 50.8. The summed E-state index contributed by atoms with van der Waals surface area (Å²) in [4.78, 5) is 15.3. The molecule has 0 radical (unpaired) electrons. The maximum absolute atomic E-state index is 13.4. The molecule has 0 bridgehead atoms. The number of carbonyl (C=O) groups is 1. The van der Waals surface area contributed by atoms with Crippen LogP contribution in [0.1, 0.15) is 27.2 Å². The molecule has 0 unspecified atom stereocenters. The van der Waals surface area contributed by atoms with Crippen molar-refractivity contribution in [2.24, 2.45) is 0 Å². The normalized spacial score (nSPS) is 11.5. The summed E-state index contributed by atoms with van der Waals surface area (Å²) in [7, 11) is 0. The van der Waals surface area contributed by atoms with Crippen LogP contribution in [0.4, 0.5) is 17.6 Å². The molecular weight excluding hydrogens is 310 g/mol. The van der Waals surface area contributed by atoms with E-state index in [0.29, 0.717) is 11.6 Å². The third kappa shape index (κ3) is 3.21. The van der Waals surface area contributed by atoms with Gasteiger partial charge in [-0.1, -0.05) is 23.7 Å². The standard InChI is InChI=1S/C14H8ClF4NO/c1-7-2-3-8(6-10(7)16)12(21)9-4-5-11(14(17,18)19)20-13(9)15/h2-6H,1H3. The molecule has 0 spiro atoms. The summed E-state index contributed by atoms with van der Waals surface area (Å²) in [6.45, 7) is 1.52. The number of aryl methyl sites for hydroxylation is 1. The van der Waals surface area contributed by atoms with Gasteiger partial charge in [-0.3, -0.25) is 4.79 Å². The molecule has 0 N–H and O–H groups in total. The highest BCUT2D eigenvalue weighted by Crippen LogP contribution is 2.30. The van der Waals surface area contributed by atoms with Gasteiger partial charge in [0.05, 0.1) is 5.56 Å². The minimum Gasteiger partial charge on any atom is -0.288 e. The number of nitrogens with zero attached hydrogens (tertiary/aromatic N) is 1. The Morgan fingerprint density at radius 1 is 1.19 bits per heavy atom. The molecule has 0 aliphatic heterocycles. The highest BCUT2D eigenvalue weighted by Gasteiger charge is 2.33. The van der Waals surface area contributed by atoms with E-state index >= 15 is 0 Å². The number of hydrogen-bond acceptors (Lipinski definition) is 2. The van der Waals surface area contributed by atoms with Crippen molar-refractivity contribution >= 4 is 17.4 Å². The summed E-state index contributed by atoms with van der Waals surface area (Å²) in [5.41, 5.74) is -1.07. The maximum atomic E-state index is 13.4. The van der Waals surface area contributed by atoms with Crippen LogP contribution >= 0.6 is 11.6 Å². The number of benzene rings is 1. The average molecular weight is 318 g/mol. The third-order valence-electron chi connectivity index (χ3n) is 2.82. The zero-order chi connectivity index (χ0) is 15.8. The van der Waals surface area contributed by atoms with Gasteiger partial charge >= 0.3 is 6.18 Å². The van der Waals surface area contributed by atoms with Gasteiger partial charge in [0.25, 0.3) is 0 Å². The number of ketones is 1. The highest BCUT2D eigenvalue weighted by molar-refractivity contribution is 6.33. The first-order valence-corrected chi connectivity index (χ1v) is 6.12. The fourth-order valence-electron chi connectivity index (χ4n) is 1.65. The van der Waals surface area contributed by atoms with Crippen LogP contribution in [0.25, 0.3) is 0 Å². The quantitative estimate of drug-likeness (QED) is 0.466. The summed E-state index contributed by atoms with van der Waals surface area (Å²) in [5.74, 6) is -1.28. The minimum absolute atomic E-state index is 0.0124. The summed E-state index contributed by atoms with van der Waals surface area (Å²) in [6, 6.07) is 5.36. The van der Waals surface area contributed by atoms with E-state index in [1.54, 1.807) is 0 Å². The van der Waals surface area contributed by atoms with Gasteiger partial charge in [0.15, 0.2) is 5.78 Å². The molecule has 0 saturated carbocycles. The molecule has 7 heteroatoms. The molecule has 0 aliphatic carbocycles. The van der Waals surface area contributed by atoms with Gasteiger partial charge in [-0.05, 0) is 30.7 Å². The van der Waals surface area contributed by atoms with Crippen molar-refractivity contribution in [3.05, 3.63) is 63.7 Å². The summed E-state index contributed by atoms with van der Waals surface area (Å²) >= 11 is 5.63. The molecule has 2 rings (SSSR count). The first kappa shape index (κ1) is 15.4. The Labute approximate surface area is 122 Å². The van der Waals surface area contributed by atoms with Gasteiger partial charge in [0, 0.05) is 5.56 Å². The van der Waals surface area contributed by atoms with Crippen molar-refractivity contribution in [1.29, 1.82) is 0 Å². The van der Waals surface area contributed by atoms with Gasteiger partial charge in [-0.15, -0.1) is 0 Å². The molecule has 110 valence electrons. The molecule has 1 aromatic carbocycles. The molecule has 2 aromatic rings. The molecule has 0 saturated heterocycles. The second-order valence-electron chi connectivity index (χ2n) is 4.33. The second kappa shape index (κ2) is 5.44. The Balaban J connectivity index is 2.42. The molecule has 0 amide bonds. The number of halogens is 5. The van der Waals surface area contributed by atoms with Gasteiger partial charge in [0.1, 0.15) is 16.7 Å². The van der Waals surface area contributed by atoms with Gasteiger partial charge in [-0.2, -0.15) is 13.2 Å². The monoisotopic (exact) mass is 317 g/mol. The van der Waals surface area contributed by atoms with E-state index < -0.39 is 28.6 Å². The fourth-order valence-corrected chi connectivity index (χ4v) is 1.89. The summed E-state index contributed by atoms with van der Waals surface area (Å²) in [6.07, 6.45) is -4.65. The van der Waals surface area contributed by atoms with Crippen LogP contribution in [-0.4, -0.2) is 10.8 Å². The van der Waals surface area contributed by atoms with Crippen molar-refractivity contribution in [3.8, 4) is 0 Å². The molecule has 1 heterocycles. The predicted octanol–water partition coefficient (Wildman–Crippen LogP) is 4.43. The molecule has 21 heavy (non-hydrogen) atoms. The Bertz CT molecular complexity index is 713. The number of pyridine rings is 1. The lowest BCUT2D eigenvalue weighted by atomic mass is 10.0. The molecular formula is C14H8ClF4NO. The Morgan fingerprint density at radius 3 is 2.38 bits per heavy atom. The predicted molar refractivity (Wildman–Crippen MR) is 68.8 cm³/mol. The van der Waals surface area contributed by atoms with Crippen LogP contribution in [0.15, 0.2) is 30.3 Å². The average Bonchev–Trinajstić information content (AvgIpc) is 2.40. The van der Waals surface area contributed by atoms with Crippen molar-refractivity contribution in [2.45, 2.75) is 13.1 Å². The maximum Gasteiger partial charge on any atom is 0.433 e.